The quantitative estimate of drug-likeness (QED) is 0.807. The average Bonchev–Trinajstić information content (AvgIpc) is 2.29. The molecule has 0 saturated heterocycles. The van der Waals surface area contributed by atoms with Gasteiger partial charge in [0.2, 0.25) is 0 Å². The van der Waals surface area contributed by atoms with Crippen LogP contribution in [0.25, 0.3) is 0 Å². The van der Waals surface area contributed by atoms with Gasteiger partial charge in [-0.15, -0.1) is 0 Å². The van der Waals surface area contributed by atoms with Gasteiger partial charge in [0.05, 0.1) is 32.6 Å². The number of nitrogens with zero attached hydrogens (tertiary/aromatic N) is 1. The molecule has 0 aliphatic heterocycles. The van der Waals surface area contributed by atoms with Crippen molar-refractivity contribution in [3.8, 4) is 0 Å². The van der Waals surface area contributed by atoms with Crippen LogP contribution in [-0.2, 0) is 0 Å². The maximum absolute atomic E-state index is 6.02. The van der Waals surface area contributed by atoms with E-state index in [0.29, 0.717) is 32.3 Å². The van der Waals surface area contributed by atoms with E-state index in [1.54, 1.807) is 30.5 Å². The second kappa shape index (κ2) is 5.00. The Balaban J connectivity index is 2.30. The highest BCUT2D eigenvalue weighted by atomic mass is 35.5. The molecule has 6 heteroatoms. The van der Waals surface area contributed by atoms with E-state index in [4.69, 9.17) is 40.5 Å². The largest absolute Gasteiger partial charge is 0.397 e. The summed E-state index contributed by atoms with van der Waals surface area (Å²) in [5.74, 6) is 0.625. The van der Waals surface area contributed by atoms with Gasteiger partial charge < -0.3 is 11.1 Å². The average molecular weight is 289 g/mol. The fraction of sp³-hybridized carbons (Fsp3) is 0. The molecule has 2 rings (SSSR count). The van der Waals surface area contributed by atoms with Gasteiger partial charge in [0.25, 0.3) is 0 Å². The van der Waals surface area contributed by atoms with Crippen LogP contribution in [0.15, 0.2) is 30.5 Å². The van der Waals surface area contributed by atoms with E-state index in [1.165, 1.54) is 0 Å². The van der Waals surface area contributed by atoms with E-state index < -0.39 is 0 Å². The van der Waals surface area contributed by atoms with Crippen molar-refractivity contribution in [3.05, 3.63) is 45.5 Å². The van der Waals surface area contributed by atoms with Crippen molar-refractivity contribution in [1.29, 1.82) is 0 Å². The second-order valence-corrected chi connectivity index (χ2v) is 4.57. The molecule has 0 radical (unpaired) electrons. The molecule has 0 amide bonds. The fourth-order valence-corrected chi connectivity index (χ4v) is 1.83. The summed E-state index contributed by atoms with van der Waals surface area (Å²) in [5.41, 5.74) is 6.77. The number of nitrogens with two attached hydrogens (primary N) is 1. The van der Waals surface area contributed by atoms with Crippen LogP contribution in [0.1, 0.15) is 0 Å². The molecule has 0 saturated carbocycles. The van der Waals surface area contributed by atoms with Crippen molar-refractivity contribution >= 4 is 52.0 Å². The lowest BCUT2D eigenvalue weighted by molar-refractivity contribution is 1.31. The van der Waals surface area contributed by atoms with Crippen LogP contribution in [0.3, 0.4) is 0 Å². The molecule has 0 fully saturated rings. The highest BCUT2D eigenvalue weighted by Crippen LogP contribution is 2.33. The van der Waals surface area contributed by atoms with Gasteiger partial charge in [-0.2, -0.15) is 0 Å². The molecular weight excluding hydrogens is 281 g/mol. The number of hydrogen-bond donors (Lipinski definition) is 2. The van der Waals surface area contributed by atoms with E-state index in [2.05, 4.69) is 10.3 Å². The summed E-state index contributed by atoms with van der Waals surface area (Å²) in [4.78, 5) is 4.10. The number of halogens is 3. The summed E-state index contributed by atoms with van der Waals surface area (Å²) >= 11 is 17.8. The number of pyridine rings is 1. The molecule has 1 aromatic heterocycles. The van der Waals surface area contributed by atoms with E-state index in [-0.39, 0.29) is 0 Å². The van der Waals surface area contributed by atoms with Crippen molar-refractivity contribution in [3.63, 3.8) is 0 Å². The van der Waals surface area contributed by atoms with Crippen molar-refractivity contribution in [2.45, 2.75) is 0 Å². The molecule has 0 unspecified atom stereocenters. The first-order chi connectivity index (χ1) is 8.06. The predicted octanol–water partition coefficient (Wildman–Crippen LogP) is 4.37. The number of nitrogen functional groups attached to an aromatic ring is 1. The number of anilines is 3. The van der Waals surface area contributed by atoms with Crippen molar-refractivity contribution in [2.75, 3.05) is 11.1 Å². The number of benzene rings is 1. The van der Waals surface area contributed by atoms with E-state index in [0.717, 1.165) is 0 Å². The van der Waals surface area contributed by atoms with Gasteiger partial charge >= 0.3 is 0 Å². The molecular formula is C11H8Cl3N3. The molecule has 0 spiro atoms. The van der Waals surface area contributed by atoms with E-state index in [9.17, 15) is 0 Å². The summed E-state index contributed by atoms with van der Waals surface area (Å²) in [7, 11) is 0. The minimum Gasteiger partial charge on any atom is -0.397 e. The van der Waals surface area contributed by atoms with Gasteiger partial charge in [-0.3, -0.25) is 0 Å². The maximum atomic E-state index is 6.02. The monoisotopic (exact) mass is 287 g/mol. The van der Waals surface area contributed by atoms with E-state index in [1.807, 2.05) is 0 Å². The van der Waals surface area contributed by atoms with Crippen LogP contribution in [0.4, 0.5) is 17.2 Å². The Morgan fingerprint density at radius 3 is 2.35 bits per heavy atom. The van der Waals surface area contributed by atoms with Crippen LogP contribution < -0.4 is 11.1 Å². The number of aromatic nitrogens is 1. The zero-order valence-electron chi connectivity index (χ0n) is 8.55. The molecule has 0 aliphatic rings. The zero-order chi connectivity index (χ0) is 12.4. The Bertz CT molecular complexity index is 540. The Kier molecular flexibility index (Phi) is 3.62. The molecule has 3 N–H and O–H groups in total. The number of hydrogen-bond acceptors (Lipinski definition) is 3. The molecule has 0 bridgehead atoms. The third-order valence-corrected chi connectivity index (χ3v) is 3.09. The smallest absolute Gasteiger partial charge is 0.130 e. The summed E-state index contributed by atoms with van der Waals surface area (Å²) < 4.78 is 0. The maximum Gasteiger partial charge on any atom is 0.130 e. The van der Waals surface area contributed by atoms with Crippen molar-refractivity contribution in [2.24, 2.45) is 0 Å². The lowest BCUT2D eigenvalue weighted by Crippen LogP contribution is -1.95. The van der Waals surface area contributed by atoms with Crippen LogP contribution >= 0.6 is 34.8 Å². The summed E-state index contributed by atoms with van der Waals surface area (Å²) in [6.45, 7) is 0. The molecule has 3 nitrogen and oxygen atoms in total. The Morgan fingerprint density at radius 2 is 1.71 bits per heavy atom. The zero-order valence-corrected chi connectivity index (χ0v) is 10.8. The topological polar surface area (TPSA) is 50.9 Å². The normalized spacial score (nSPS) is 10.3. The highest BCUT2D eigenvalue weighted by Gasteiger charge is 2.06. The molecule has 17 heavy (non-hydrogen) atoms. The summed E-state index contributed by atoms with van der Waals surface area (Å²) in [5, 5.41) is 4.33. The van der Waals surface area contributed by atoms with Gasteiger partial charge in [0.15, 0.2) is 0 Å². The lowest BCUT2D eigenvalue weighted by Gasteiger charge is -2.09. The minimum atomic E-state index is 0.410. The minimum absolute atomic E-state index is 0.410. The highest BCUT2D eigenvalue weighted by molar-refractivity contribution is 6.44. The van der Waals surface area contributed by atoms with Crippen molar-refractivity contribution in [1.82, 2.24) is 4.98 Å². The summed E-state index contributed by atoms with van der Waals surface area (Å²) in [6.07, 6.45) is 1.55. The van der Waals surface area contributed by atoms with Crippen LogP contribution in [0.5, 0.6) is 0 Å². The number of rotatable bonds is 2. The first-order valence-corrected chi connectivity index (χ1v) is 5.83. The van der Waals surface area contributed by atoms with Gasteiger partial charge in [0.1, 0.15) is 5.82 Å². The van der Waals surface area contributed by atoms with Crippen LogP contribution in [0.2, 0.25) is 15.1 Å². The second-order valence-electron chi connectivity index (χ2n) is 3.35. The summed E-state index contributed by atoms with van der Waals surface area (Å²) in [6, 6.07) is 6.70. The fourth-order valence-electron chi connectivity index (χ4n) is 1.24. The lowest BCUT2D eigenvalue weighted by atomic mass is 10.3. The molecule has 88 valence electrons. The molecule has 0 atom stereocenters. The van der Waals surface area contributed by atoms with Gasteiger partial charge in [-0.05, 0) is 24.3 Å². The molecule has 1 aromatic carbocycles. The van der Waals surface area contributed by atoms with Gasteiger partial charge in [-0.25, -0.2) is 4.98 Å². The Hall–Kier alpha value is -1.16. The standard InChI is InChI=1S/C11H8Cl3N3/c12-7-3-9(14)10(4-8(7)13)17-11-2-1-6(15)5-16-11/h1-5H,15H2,(H,16,17). The number of nitrogens with one attached hydrogen (secondary N) is 1. The van der Waals surface area contributed by atoms with Crippen LogP contribution in [-0.4, -0.2) is 4.98 Å². The Labute approximate surface area is 114 Å². The van der Waals surface area contributed by atoms with Gasteiger partial charge in [0, 0.05) is 0 Å². The SMILES string of the molecule is Nc1ccc(Nc2cc(Cl)c(Cl)cc2Cl)nc1. The van der Waals surface area contributed by atoms with Gasteiger partial charge in [-0.1, -0.05) is 34.8 Å². The molecule has 0 aliphatic carbocycles. The predicted molar refractivity (Wildman–Crippen MR) is 73.4 cm³/mol. The van der Waals surface area contributed by atoms with Crippen molar-refractivity contribution < 1.29 is 0 Å². The first kappa shape index (κ1) is 12.3. The van der Waals surface area contributed by atoms with Crippen LogP contribution in [0, 0.1) is 0 Å². The molecule has 1 heterocycles. The third kappa shape index (κ3) is 2.94. The first-order valence-electron chi connectivity index (χ1n) is 4.69. The Morgan fingerprint density at radius 1 is 1.00 bits per heavy atom. The third-order valence-electron chi connectivity index (χ3n) is 2.06. The van der Waals surface area contributed by atoms with E-state index >= 15 is 0 Å². The molecule has 2 aromatic rings.